The number of hydrogen-bond acceptors (Lipinski definition) is 2. The summed E-state index contributed by atoms with van der Waals surface area (Å²) in [7, 11) is 0. The number of alkyl halides is 1. The summed E-state index contributed by atoms with van der Waals surface area (Å²) in [6.45, 7) is 2.65. The molecule has 0 saturated heterocycles. The minimum atomic E-state index is 0.139. The summed E-state index contributed by atoms with van der Waals surface area (Å²) in [5.74, 6) is 0.872. The number of thiophene rings is 1. The molecule has 0 radical (unpaired) electrons. The predicted molar refractivity (Wildman–Crippen MR) is 85.4 cm³/mol. The van der Waals surface area contributed by atoms with Crippen LogP contribution in [-0.4, -0.2) is 6.61 Å². The fourth-order valence-electron chi connectivity index (χ4n) is 1.59. The van der Waals surface area contributed by atoms with Crippen LogP contribution in [0.1, 0.15) is 22.2 Å². The van der Waals surface area contributed by atoms with Crippen molar-refractivity contribution in [2.24, 2.45) is 0 Å². The Kier molecular flexibility index (Phi) is 5.13. The molecule has 0 spiro atoms. The molecule has 96 valence electrons. The van der Waals surface area contributed by atoms with Crippen molar-refractivity contribution in [2.75, 3.05) is 6.61 Å². The zero-order valence-electron chi connectivity index (χ0n) is 9.62. The van der Waals surface area contributed by atoms with Crippen molar-refractivity contribution in [3.63, 3.8) is 0 Å². The van der Waals surface area contributed by atoms with Crippen LogP contribution >= 0.6 is 54.8 Å². The van der Waals surface area contributed by atoms with Crippen LogP contribution in [0.25, 0.3) is 0 Å². The van der Waals surface area contributed by atoms with Gasteiger partial charge in [-0.2, -0.15) is 0 Å². The Labute approximate surface area is 132 Å². The van der Waals surface area contributed by atoms with Gasteiger partial charge in [0.15, 0.2) is 0 Å². The molecule has 2 aromatic rings. The lowest BCUT2D eigenvalue weighted by atomic mass is 10.1. The molecule has 0 aliphatic heterocycles. The summed E-state index contributed by atoms with van der Waals surface area (Å²) in [5, 5.41) is 0. The van der Waals surface area contributed by atoms with E-state index in [0.717, 1.165) is 20.1 Å². The van der Waals surface area contributed by atoms with E-state index in [1.807, 2.05) is 31.2 Å². The minimum Gasteiger partial charge on any atom is -0.494 e. The van der Waals surface area contributed by atoms with Crippen LogP contribution in [0, 0.1) is 0 Å². The first-order chi connectivity index (χ1) is 8.61. The van der Waals surface area contributed by atoms with Gasteiger partial charge < -0.3 is 4.74 Å². The van der Waals surface area contributed by atoms with Crippen LogP contribution in [0.15, 0.2) is 34.8 Å². The van der Waals surface area contributed by atoms with Crippen LogP contribution in [0.4, 0.5) is 0 Å². The Hall–Kier alpha value is -0.0300. The maximum absolute atomic E-state index is 5.96. The van der Waals surface area contributed by atoms with Crippen molar-refractivity contribution in [3.8, 4) is 5.75 Å². The topological polar surface area (TPSA) is 9.23 Å². The second-order valence-corrected chi connectivity index (χ2v) is 7.14. The SMILES string of the molecule is CCOc1ccc(C(Br)c2ccc(Cl)s2)c(Br)c1. The molecule has 1 heterocycles. The lowest BCUT2D eigenvalue weighted by Crippen LogP contribution is -1.95. The average molecular weight is 411 g/mol. The van der Waals surface area contributed by atoms with Crippen molar-refractivity contribution in [1.82, 2.24) is 0 Å². The van der Waals surface area contributed by atoms with Gasteiger partial charge in [0.25, 0.3) is 0 Å². The molecule has 0 N–H and O–H groups in total. The summed E-state index contributed by atoms with van der Waals surface area (Å²) < 4.78 is 7.30. The van der Waals surface area contributed by atoms with Gasteiger partial charge in [0, 0.05) is 9.35 Å². The summed E-state index contributed by atoms with van der Waals surface area (Å²) in [6, 6.07) is 9.98. The number of rotatable bonds is 4. The van der Waals surface area contributed by atoms with E-state index < -0.39 is 0 Å². The highest BCUT2D eigenvalue weighted by Crippen LogP contribution is 2.40. The third-order valence-electron chi connectivity index (χ3n) is 2.40. The van der Waals surface area contributed by atoms with Crippen molar-refractivity contribution < 1.29 is 4.74 Å². The first kappa shape index (κ1) is 14.4. The van der Waals surface area contributed by atoms with Gasteiger partial charge in [0.05, 0.1) is 15.8 Å². The second kappa shape index (κ2) is 6.42. The van der Waals surface area contributed by atoms with E-state index in [1.54, 1.807) is 11.3 Å². The molecule has 0 aliphatic carbocycles. The van der Waals surface area contributed by atoms with Gasteiger partial charge in [-0.05, 0) is 36.8 Å². The first-order valence-corrected chi connectivity index (χ1v) is 8.33. The van der Waals surface area contributed by atoms with Crippen LogP contribution in [0.5, 0.6) is 5.75 Å². The van der Waals surface area contributed by atoms with Gasteiger partial charge in [-0.25, -0.2) is 0 Å². The molecule has 2 rings (SSSR count). The summed E-state index contributed by atoms with van der Waals surface area (Å²) in [6.07, 6.45) is 0. The molecule has 1 aromatic carbocycles. The van der Waals surface area contributed by atoms with Gasteiger partial charge in [0.1, 0.15) is 5.75 Å². The zero-order valence-corrected chi connectivity index (χ0v) is 14.4. The summed E-state index contributed by atoms with van der Waals surface area (Å²) >= 11 is 14.8. The van der Waals surface area contributed by atoms with Crippen LogP contribution in [-0.2, 0) is 0 Å². The Morgan fingerprint density at radius 2 is 2.11 bits per heavy atom. The minimum absolute atomic E-state index is 0.139. The second-order valence-electron chi connectivity index (χ2n) is 3.62. The molecule has 18 heavy (non-hydrogen) atoms. The number of ether oxygens (including phenoxy) is 1. The molecule has 0 fully saturated rings. The van der Waals surface area contributed by atoms with Gasteiger partial charge in [-0.1, -0.05) is 49.5 Å². The fraction of sp³-hybridized carbons (Fsp3) is 0.231. The smallest absolute Gasteiger partial charge is 0.120 e. The molecule has 1 atom stereocenters. The average Bonchev–Trinajstić information content (AvgIpc) is 2.76. The first-order valence-electron chi connectivity index (χ1n) is 5.43. The third-order valence-corrected chi connectivity index (χ3v) is 5.67. The quantitative estimate of drug-likeness (QED) is 0.558. The molecule has 1 unspecified atom stereocenters. The number of halogens is 3. The van der Waals surface area contributed by atoms with Crippen molar-refractivity contribution in [3.05, 3.63) is 49.6 Å². The molecule has 5 heteroatoms. The maximum Gasteiger partial charge on any atom is 0.120 e. The molecular formula is C13H11Br2ClOS. The third kappa shape index (κ3) is 3.29. The Balaban J connectivity index is 2.28. The largest absolute Gasteiger partial charge is 0.494 e. The van der Waals surface area contributed by atoms with Crippen molar-refractivity contribution in [1.29, 1.82) is 0 Å². The predicted octanol–water partition coefficient (Wildman–Crippen LogP) is 6.05. The Bertz CT molecular complexity index is 542. The molecule has 0 amide bonds. The van der Waals surface area contributed by atoms with Crippen LogP contribution < -0.4 is 4.74 Å². The van der Waals surface area contributed by atoms with Crippen LogP contribution in [0.3, 0.4) is 0 Å². The highest BCUT2D eigenvalue weighted by Gasteiger charge is 2.16. The molecule has 0 aliphatic rings. The van der Waals surface area contributed by atoms with E-state index in [-0.39, 0.29) is 4.83 Å². The normalized spacial score (nSPS) is 12.4. The Morgan fingerprint density at radius 1 is 1.33 bits per heavy atom. The lowest BCUT2D eigenvalue weighted by Gasteiger charge is -2.12. The summed E-state index contributed by atoms with van der Waals surface area (Å²) in [5.41, 5.74) is 1.16. The van der Waals surface area contributed by atoms with Gasteiger partial charge in [-0.3, -0.25) is 0 Å². The monoisotopic (exact) mass is 408 g/mol. The zero-order chi connectivity index (χ0) is 13.1. The number of benzene rings is 1. The van der Waals surface area contributed by atoms with Gasteiger partial charge in [0.2, 0.25) is 0 Å². The fourth-order valence-corrected chi connectivity index (χ4v) is 4.37. The maximum atomic E-state index is 5.96. The Morgan fingerprint density at radius 3 is 2.67 bits per heavy atom. The van der Waals surface area contributed by atoms with E-state index in [9.17, 15) is 0 Å². The van der Waals surface area contributed by atoms with Crippen LogP contribution in [0.2, 0.25) is 4.34 Å². The van der Waals surface area contributed by atoms with Gasteiger partial charge in [-0.15, -0.1) is 11.3 Å². The molecular weight excluding hydrogens is 399 g/mol. The highest BCUT2D eigenvalue weighted by molar-refractivity contribution is 9.11. The lowest BCUT2D eigenvalue weighted by molar-refractivity contribution is 0.340. The number of hydrogen-bond donors (Lipinski definition) is 0. The van der Waals surface area contributed by atoms with E-state index in [2.05, 4.69) is 37.9 Å². The molecule has 0 bridgehead atoms. The summed E-state index contributed by atoms with van der Waals surface area (Å²) in [4.78, 5) is 1.32. The molecule has 0 saturated carbocycles. The molecule has 1 aromatic heterocycles. The van der Waals surface area contributed by atoms with Crippen molar-refractivity contribution in [2.45, 2.75) is 11.8 Å². The standard InChI is InChI=1S/C13H11Br2ClOS/c1-2-17-8-3-4-9(10(14)7-8)13(15)11-5-6-12(16)18-11/h3-7,13H,2H2,1H3. The molecule has 1 nitrogen and oxygen atoms in total. The van der Waals surface area contributed by atoms with E-state index >= 15 is 0 Å². The van der Waals surface area contributed by atoms with Gasteiger partial charge >= 0.3 is 0 Å². The van der Waals surface area contributed by atoms with E-state index in [1.165, 1.54) is 4.88 Å². The van der Waals surface area contributed by atoms with E-state index in [4.69, 9.17) is 16.3 Å². The van der Waals surface area contributed by atoms with E-state index in [0.29, 0.717) is 6.61 Å². The van der Waals surface area contributed by atoms with Crippen molar-refractivity contribution >= 4 is 54.8 Å². The highest BCUT2D eigenvalue weighted by atomic mass is 79.9.